The van der Waals surface area contributed by atoms with Crippen molar-refractivity contribution in [3.8, 4) is 11.5 Å². The van der Waals surface area contributed by atoms with Gasteiger partial charge in [-0.3, -0.25) is 14.5 Å². The molecule has 36 heavy (non-hydrogen) atoms. The predicted octanol–water partition coefficient (Wildman–Crippen LogP) is 5.73. The lowest BCUT2D eigenvalue weighted by atomic mass is 9.95. The van der Waals surface area contributed by atoms with Crippen LogP contribution in [0.2, 0.25) is 5.02 Å². The Morgan fingerprint density at radius 2 is 1.89 bits per heavy atom. The molecule has 10 heteroatoms. The van der Waals surface area contributed by atoms with Crippen LogP contribution >= 0.6 is 22.9 Å². The number of thiazole rings is 1. The first kappa shape index (κ1) is 23.8. The molecule has 7 nitrogen and oxygen atoms in total. The van der Waals surface area contributed by atoms with Crippen LogP contribution < -0.4 is 14.4 Å². The van der Waals surface area contributed by atoms with Gasteiger partial charge >= 0.3 is 5.91 Å². The van der Waals surface area contributed by atoms with Crippen LogP contribution in [0.5, 0.6) is 11.5 Å². The predicted molar refractivity (Wildman–Crippen MR) is 135 cm³/mol. The number of benzene rings is 3. The van der Waals surface area contributed by atoms with Crippen molar-refractivity contribution in [1.29, 1.82) is 0 Å². The van der Waals surface area contributed by atoms with Gasteiger partial charge in [-0.1, -0.05) is 35.1 Å². The average molecular weight is 525 g/mol. The standard InChI is InChI=1S/C26H18ClFN2O5S/c1-34-16-5-3-4-13(10-16)22-21(23(31)14-6-9-19(35-2)17(27)11-14)24(32)25(33)30(22)26-29-18-8-7-15(28)12-20(18)36-26/h3-12,22,31H,1-2H3/b23-21+. The number of rotatable bonds is 5. The van der Waals surface area contributed by atoms with Crippen LogP contribution in [0.25, 0.3) is 16.0 Å². The van der Waals surface area contributed by atoms with Crippen LogP contribution in [0.4, 0.5) is 9.52 Å². The molecule has 1 aliphatic rings. The Balaban J connectivity index is 1.73. The highest BCUT2D eigenvalue weighted by Crippen LogP contribution is 2.45. The Kier molecular flexibility index (Phi) is 6.11. The zero-order valence-corrected chi connectivity index (χ0v) is 20.6. The van der Waals surface area contributed by atoms with Crippen molar-refractivity contribution in [1.82, 2.24) is 4.98 Å². The average Bonchev–Trinajstić information content (AvgIpc) is 3.41. The Morgan fingerprint density at radius 1 is 1.08 bits per heavy atom. The van der Waals surface area contributed by atoms with Gasteiger partial charge in [-0.05, 0) is 54.1 Å². The Labute approximate surface area is 214 Å². The fourth-order valence-corrected chi connectivity index (χ4v) is 5.39. The Hall–Kier alpha value is -3.95. The highest BCUT2D eigenvalue weighted by Gasteiger charge is 2.48. The first-order valence-electron chi connectivity index (χ1n) is 10.7. The van der Waals surface area contributed by atoms with E-state index < -0.39 is 29.3 Å². The molecule has 5 rings (SSSR count). The SMILES string of the molecule is COc1cccc(C2/C(=C(\O)c3ccc(OC)c(Cl)c3)C(=O)C(=O)N2c2nc3ccc(F)cc3s2)c1. The first-order chi connectivity index (χ1) is 17.3. The maximum atomic E-state index is 13.8. The number of hydrogen-bond acceptors (Lipinski definition) is 7. The van der Waals surface area contributed by atoms with Crippen molar-refractivity contribution >= 4 is 55.7 Å². The van der Waals surface area contributed by atoms with E-state index in [9.17, 15) is 19.1 Å². The highest BCUT2D eigenvalue weighted by molar-refractivity contribution is 7.22. The molecule has 1 atom stereocenters. The molecule has 0 aliphatic carbocycles. The van der Waals surface area contributed by atoms with Crippen molar-refractivity contribution in [2.24, 2.45) is 0 Å². The second kappa shape index (κ2) is 9.25. The summed E-state index contributed by atoms with van der Waals surface area (Å²) < 4.78 is 24.8. The van der Waals surface area contributed by atoms with Gasteiger partial charge in [0.05, 0.1) is 41.1 Å². The van der Waals surface area contributed by atoms with Crippen molar-refractivity contribution in [2.75, 3.05) is 19.1 Å². The number of fused-ring (bicyclic) bond motifs is 1. The third kappa shape index (κ3) is 3.96. The van der Waals surface area contributed by atoms with Crippen molar-refractivity contribution in [3.05, 3.63) is 88.2 Å². The van der Waals surface area contributed by atoms with E-state index in [0.717, 1.165) is 11.3 Å². The molecular formula is C26H18ClFN2O5S. The van der Waals surface area contributed by atoms with Crippen molar-refractivity contribution in [3.63, 3.8) is 0 Å². The molecule has 1 fully saturated rings. The molecule has 1 saturated heterocycles. The number of aliphatic hydroxyl groups excluding tert-OH is 1. The number of hydrogen-bond donors (Lipinski definition) is 1. The number of aromatic nitrogens is 1. The van der Waals surface area contributed by atoms with Gasteiger partial charge < -0.3 is 14.6 Å². The van der Waals surface area contributed by atoms with E-state index in [1.807, 2.05) is 0 Å². The number of carbonyl (C=O) groups is 2. The number of amides is 1. The molecule has 0 spiro atoms. The van der Waals surface area contributed by atoms with Gasteiger partial charge in [0.25, 0.3) is 5.78 Å². The van der Waals surface area contributed by atoms with E-state index in [1.165, 1.54) is 49.5 Å². The molecule has 2 heterocycles. The smallest absolute Gasteiger partial charge is 0.301 e. The minimum atomic E-state index is -1.02. The number of Topliss-reactive ketones (excluding diaryl/α,β-unsaturated/α-hetero) is 1. The summed E-state index contributed by atoms with van der Waals surface area (Å²) >= 11 is 7.31. The van der Waals surface area contributed by atoms with Crippen molar-refractivity contribution in [2.45, 2.75) is 6.04 Å². The van der Waals surface area contributed by atoms with Crippen molar-refractivity contribution < 1.29 is 28.6 Å². The van der Waals surface area contributed by atoms with E-state index in [1.54, 1.807) is 30.3 Å². The lowest BCUT2D eigenvalue weighted by Gasteiger charge is -2.23. The Morgan fingerprint density at radius 3 is 2.61 bits per heavy atom. The molecule has 0 radical (unpaired) electrons. The number of halogens is 2. The van der Waals surface area contributed by atoms with Gasteiger partial charge in [-0.2, -0.15) is 0 Å². The molecule has 1 aromatic heterocycles. The highest BCUT2D eigenvalue weighted by atomic mass is 35.5. The number of aliphatic hydroxyl groups is 1. The van der Waals surface area contributed by atoms with Gasteiger partial charge in [0, 0.05) is 5.56 Å². The quantitative estimate of drug-likeness (QED) is 0.204. The number of methoxy groups -OCH3 is 2. The van der Waals surface area contributed by atoms with Crippen LogP contribution in [0.15, 0.2) is 66.2 Å². The zero-order chi connectivity index (χ0) is 25.6. The second-order valence-corrected chi connectivity index (χ2v) is 9.32. The lowest BCUT2D eigenvalue weighted by Crippen LogP contribution is -2.29. The van der Waals surface area contributed by atoms with Crippen LogP contribution in [-0.2, 0) is 9.59 Å². The molecule has 182 valence electrons. The minimum absolute atomic E-state index is 0.139. The number of anilines is 1. The van der Waals surface area contributed by atoms with Gasteiger partial charge in [-0.25, -0.2) is 9.37 Å². The summed E-state index contributed by atoms with van der Waals surface area (Å²) in [5.41, 5.74) is 1.09. The molecule has 1 N–H and O–H groups in total. The normalized spacial score (nSPS) is 17.1. The maximum absolute atomic E-state index is 13.8. The van der Waals surface area contributed by atoms with Gasteiger partial charge in [0.15, 0.2) is 5.13 Å². The summed E-state index contributed by atoms with van der Waals surface area (Å²) in [7, 11) is 2.95. The van der Waals surface area contributed by atoms with E-state index in [0.29, 0.717) is 27.3 Å². The number of ketones is 1. The molecule has 4 aromatic rings. The summed E-state index contributed by atoms with van der Waals surface area (Å²) in [6.45, 7) is 0. The molecule has 3 aromatic carbocycles. The summed E-state index contributed by atoms with van der Waals surface area (Å²) in [6.07, 6.45) is 0. The summed E-state index contributed by atoms with van der Waals surface area (Å²) in [5, 5.41) is 11.7. The van der Waals surface area contributed by atoms with Gasteiger partial charge in [0.2, 0.25) is 0 Å². The monoisotopic (exact) mass is 524 g/mol. The summed E-state index contributed by atoms with van der Waals surface area (Å²) in [6, 6.07) is 14.4. The molecule has 0 bridgehead atoms. The topological polar surface area (TPSA) is 89.0 Å². The first-order valence-corrected chi connectivity index (χ1v) is 11.9. The third-order valence-electron chi connectivity index (χ3n) is 5.82. The fourth-order valence-electron chi connectivity index (χ4n) is 4.12. The van der Waals surface area contributed by atoms with Crippen LogP contribution in [0, 0.1) is 5.82 Å². The second-order valence-electron chi connectivity index (χ2n) is 7.90. The summed E-state index contributed by atoms with van der Waals surface area (Å²) in [5.74, 6) is -1.72. The molecule has 1 unspecified atom stereocenters. The molecule has 0 saturated carbocycles. The van der Waals surface area contributed by atoms with E-state index in [4.69, 9.17) is 21.1 Å². The van der Waals surface area contributed by atoms with E-state index in [-0.39, 0.29) is 21.3 Å². The maximum Gasteiger partial charge on any atom is 0.301 e. The van der Waals surface area contributed by atoms with E-state index >= 15 is 0 Å². The van der Waals surface area contributed by atoms with E-state index in [2.05, 4.69) is 4.98 Å². The van der Waals surface area contributed by atoms with Crippen LogP contribution in [-0.4, -0.2) is 36.0 Å². The number of ether oxygens (including phenoxy) is 2. The minimum Gasteiger partial charge on any atom is -0.507 e. The zero-order valence-electron chi connectivity index (χ0n) is 19.0. The largest absolute Gasteiger partial charge is 0.507 e. The lowest BCUT2D eigenvalue weighted by molar-refractivity contribution is -0.132. The molecule has 1 aliphatic heterocycles. The molecule has 1 amide bonds. The Bertz CT molecular complexity index is 1570. The van der Waals surface area contributed by atoms with Gasteiger partial charge in [-0.15, -0.1) is 0 Å². The number of nitrogens with zero attached hydrogens (tertiary/aromatic N) is 2. The third-order valence-corrected chi connectivity index (χ3v) is 7.14. The van der Waals surface area contributed by atoms with Crippen LogP contribution in [0.1, 0.15) is 17.2 Å². The molecular weight excluding hydrogens is 507 g/mol. The van der Waals surface area contributed by atoms with Gasteiger partial charge in [0.1, 0.15) is 23.1 Å². The number of carbonyl (C=O) groups excluding carboxylic acids is 2. The van der Waals surface area contributed by atoms with Crippen LogP contribution in [0.3, 0.4) is 0 Å². The fraction of sp³-hybridized carbons (Fsp3) is 0.115. The summed E-state index contributed by atoms with van der Waals surface area (Å²) in [4.78, 5) is 32.4.